The molecule has 0 aliphatic heterocycles. The van der Waals surface area contributed by atoms with Gasteiger partial charge in [-0.2, -0.15) is 0 Å². The maximum absolute atomic E-state index is 5.67. The number of nitrogens with two attached hydrogens (primary N) is 1. The van der Waals surface area contributed by atoms with E-state index >= 15 is 0 Å². The highest BCUT2D eigenvalue weighted by Crippen LogP contribution is 2.21. The van der Waals surface area contributed by atoms with E-state index in [1.54, 1.807) is 24.8 Å². The van der Waals surface area contributed by atoms with Crippen LogP contribution in [-0.2, 0) is 6.42 Å². The molecule has 0 amide bonds. The zero-order chi connectivity index (χ0) is 14.4. The van der Waals surface area contributed by atoms with Gasteiger partial charge in [0.1, 0.15) is 5.75 Å². The highest BCUT2D eigenvalue weighted by molar-refractivity contribution is 5.27. The predicted molar refractivity (Wildman–Crippen MR) is 78.0 cm³/mol. The summed E-state index contributed by atoms with van der Waals surface area (Å²) in [5.74, 6) is 6.43. The topological polar surface area (TPSA) is 73.1 Å². The van der Waals surface area contributed by atoms with E-state index in [4.69, 9.17) is 10.6 Å². The number of hydrogen-bond donors (Lipinski definition) is 2. The first-order valence-electron chi connectivity index (χ1n) is 6.65. The van der Waals surface area contributed by atoms with E-state index in [0.29, 0.717) is 0 Å². The lowest BCUT2D eigenvalue weighted by Gasteiger charge is -2.17. The molecular weight excluding hydrogens is 252 g/mol. The molecule has 2 heterocycles. The van der Waals surface area contributed by atoms with Crippen molar-refractivity contribution in [1.29, 1.82) is 0 Å². The third-order valence-corrected chi connectivity index (χ3v) is 2.90. The Morgan fingerprint density at radius 2 is 1.95 bits per heavy atom. The summed E-state index contributed by atoms with van der Waals surface area (Å²) in [5, 5.41) is 0. The number of rotatable bonds is 6. The Labute approximate surface area is 119 Å². The smallest absolute Gasteiger partial charge is 0.138 e. The van der Waals surface area contributed by atoms with Gasteiger partial charge in [0, 0.05) is 18.6 Å². The molecule has 0 saturated heterocycles. The molecule has 0 spiro atoms. The van der Waals surface area contributed by atoms with Crippen molar-refractivity contribution in [2.24, 2.45) is 5.84 Å². The monoisotopic (exact) mass is 272 g/mol. The van der Waals surface area contributed by atoms with Crippen LogP contribution in [0.1, 0.15) is 31.0 Å². The molecule has 2 aromatic rings. The lowest BCUT2D eigenvalue weighted by molar-refractivity contribution is 0.241. The zero-order valence-corrected chi connectivity index (χ0v) is 11.8. The van der Waals surface area contributed by atoms with Gasteiger partial charge in [-0.1, -0.05) is 0 Å². The highest BCUT2D eigenvalue weighted by atomic mass is 16.5. The fourth-order valence-corrected chi connectivity index (χ4v) is 1.99. The third-order valence-electron chi connectivity index (χ3n) is 2.90. The summed E-state index contributed by atoms with van der Waals surface area (Å²) in [6.07, 6.45) is 7.96. The highest BCUT2D eigenvalue weighted by Gasteiger charge is 2.12. The van der Waals surface area contributed by atoms with Gasteiger partial charge in [0.05, 0.1) is 18.3 Å². The summed E-state index contributed by atoms with van der Waals surface area (Å²) < 4.78 is 5.66. The lowest BCUT2D eigenvalue weighted by atomic mass is 10.0. The minimum absolute atomic E-state index is 0.0133. The van der Waals surface area contributed by atoms with E-state index in [1.807, 2.05) is 32.0 Å². The second kappa shape index (κ2) is 6.98. The van der Waals surface area contributed by atoms with Crippen LogP contribution in [0.2, 0.25) is 0 Å². The van der Waals surface area contributed by atoms with Gasteiger partial charge in [0.15, 0.2) is 0 Å². The molecule has 5 nitrogen and oxygen atoms in total. The first kappa shape index (κ1) is 14.4. The van der Waals surface area contributed by atoms with Gasteiger partial charge in [-0.05, 0) is 49.6 Å². The first-order valence-corrected chi connectivity index (χ1v) is 6.65. The molecule has 2 rings (SSSR count). The number of aromatic nitrogens is 2. The Balaban J connectivity index is 2.15. The molecule has 2 aromatic heterocycles. The standard InChI is InChI=1S/C15H20N4O/c1-11(2)20-14-8-13(9-18-10-14)15(19-16)7-12-3-5-17-6-4-12/h3-6,8-11,15,19H,7,16H2,1-2H3. The van der Waals surface area contributed by atoms with E-state index in [-0.39, 0.29) is 12.1 Å². The lowest BCUT2D eigenvalue weighted by Crippen LogP contribution is -2.29. The molecule has 0 fully saturated rings. The van der Waals surface area contributed by atoms with Gasteiger partial charge in [-0.15, -0.1) is 0 Å². The van der Waals surface area contributed by atoms with E-state index in [9.17, 15) is 0 Å². The number of nitrogens with one attached hydrogen (secondary N) is 1. The van der Waals surface area contributed by atoms with Crippen molar-refractivity contribution < 1.29 is 4.74 Å². The maximum Gasteiger partial charge on any atom is 0.138 e. The molecule has 0 bridgehead atoms. The molecule has 0 radical (unpaired) electrons. The second-order valence-electron chi connectivity index (χ2n) is 4.90. The average molecular weight is 272 g/mol. The van der Waals surface area contributed by atoms with E-state index < -0.39 is 0 Å². The van der Waals surface area contributed by atoms with Crippen molar-refractivity contribution in [3.05, 3.63) is 54.1 Å². The number of hydrogen-bond acceptors (Lipinski definition) is 5. The van der Waals surface area contributed by atoms with Crippen LogP contribution in [0.4, 0.5) is 0 Å². The van der Waals surface area contributed by atoms with Gasteiger partial charge in [0.2, 0.25) is 0 Å². The fourth-order valence-electron chi connectivity index (χ4n) is 1.99. The summed E-state index contributed by atoms with van der Waals surface area (Å²) in [5.41, 5.74) is 5.00. The first-order chi connectivity index (χ1) is 9.69. The molecule has 1 unspecified atom stereocenters. The van der Waals surface area contributed by atoms with Crippen molar-refractivity contribution >= 4 is 0 Å². The molecule has 20 heavy (non-hydrogen) atoms. The molecule has 0 aliphatic rings. The molecular formula is C15H20N4O. The second-order valence-corrected chi connectivity index (χ2v) is 4.90. The summed E-state index contributed by atoms with van der Waals surface area (Å²) >= 11 is 0. The summed E-state index contributed by atoms with van der Waals surface area (Å²) in [6.45, 7) is 3.98. The van der Waals surface area contributed by atoms with Crippen LogP contribution in [0.25, 0.3) is 0 Å². The average Bonchev–Trinajstić information content (AvgIpc) is 2.45. The molecule has 5 heteroatoms. The van der Waals surface area contributed by atoms with Crippen molar-refractivity contribution in [2.75, 3.05) is 0 Å². The van der Waals surface area contributed by atoms with Gasteiger partial charge < -0.3 is 4.74 Å². The number of nitrogens with zero attached hydrogens (tertiary/aromatic N) is 2. The Morgan fingerprint density at radius 1 is 1.20 bits per heavy atom. The predicted octanol–water partition coefficient (Wildman–Crippen LogP) is 2.01. The van der Waals surface area contributed by atoms with Crippen LogP contribution in [0.5, 0.6) is 5.75 Å². The van der Waals surface area contributed by atoms with Crippen molar-refractivity contribution in [1.82, 2.24) is 15.4 Å². The van der Waals surface area contributed by atoms with Crippen LogP contribution in [0.15, 0.2) is 43.0 Å². The van der Waals surface area contributed by atoms with Crippen molar-refractivity contribution in [3.63, 3.8) is 0 Å². The van der Waals surface area contributed by atoms with Crippen LogP contribution in [-0.4, -0.2) is 16.1 Å². The van der Waals surface area contributed by atoms with Crippen LogP contribution in [0.3, 0.4) is 0 Å². The Kier molecular flexibility index (Phi) is 5.03. The van der Waals surface area contributed by atoms with Crippen LogP contribution < -0.4 is 16.0 Å². The SMILES string of the molecule is CC(C)Oc1cncc(C(Cc2ccncc2)NN)c1. The molecule has 0 aromatic carbocycles. The summed E-state index contributed by atoms with van der Waals surface area (Å²) in [6, 6.07) is 5.91. The van der Waals surface area contributed by atoms with Crippen molar-refractivity contribution in [2.45, 2.75) is 32.4 Å². The Hall–Kier alpha value is -1.98. The summed E-state index contributed by atoms with van der Waals surface area (Å²) in [4.78, 5) is 8.23. The quantitative estimate of drug-likeness (QED) is 0.621. The minimum atomic E-state index is -0.0133. The Morgan fingerprint density at radius 3 is 2.60 bits per heavy atom. The number of hydrazine groups is 1. The Bertz CT molecular complexity index is 530. The summed E-state index contributed by atoms with van der Waals surface area (Å²) in [7, 11) is 0. The van der Waals surface area contributed by atoms with Gasteiger partial charge in [-0.3, -0.25) is 21.2 Å². The van der Waals surface area contributed by atoms with Gasteiger partial charge >= 0.3 is 0 Å². The van der Waals surface area contributed by atoms with Gasteiger partial charge in [0.25, 0.3) is 0 Å². The van der Waals surface area contributed by atoms with Crippen molar-refractivity contribution in [3.8, 4) is 5.75 Å². The zero-order valence-electron chi connectivity index (χ0n) is 11.8. The molecule has 0 saturated carbocycles. The van der Waals surface area contributed by atoms with E-state index in [1.165, 1.54) is 0 Å². The molecule has 1 atom stereocenters. The molecule has 0 aliphatic carbocycles. The third kappa shape index (κ3) is 4.01. The van der Waals surface area contributed by atoms with Gasteiger partial charge in [-0.25, -0.2) is 0 Å². The number of pyridine rings is 2. The normalized spacial score (nSPS) is 12.4. The molecule has 3 N–H and O–H groups in total. The van der Waals surface area contributed by atoms with E-state index in [2.05, 4.69) is 15.4 Å². The van der Waals surface area contributed by atoms with Crippen LogP contribution >= 0.6 is 0 Å². The number of ether oxygens (including phenoxy) is 1. The minimum Gasteiger partial charge on any atom is -0.489 e. The van der Waals surface area contributed by atoms with E-state index in [0.717, 1.165) is 23.3 Å². The fraction of sp³-hybridized carbons (Fsp3) is 0.333. The maximum atomic E-state index is 5.67. The molecule has 106 valence electrons. The largest absolute Gasteiger partial charge is 0.489 e. The van der Waals surface area contributed by atoms with Crippen LogP contribution in [0, 0.1) is 0 Å².